The van der Waals surface area contributed by atoms with Crippen molar-refractivity contribution in [2.24, 2.45) is 4.99 Å². The molecule has 1 unspecified atom stereocenters. The van der Waals surface area contributed by atoms with Crippen molar-refractivity contribution in [3.8, 4) is 0 Å². The summed E-state index contributed by atoms with van der Waals surface area (Å²) in [4.78, 5) is 17.6. The lowest BCUT2D eigenvalue weighted by Crippen LogP contribution is -2.44. The molecule has 1 heterocycles. The molecule has 4 N–H and O–H groups in total. The van der Waals surface area contributed by atoms with Gasteiger partial charge in [0, 0.05) is 6.54 Å². The number of aliphatic imine (C=N–C) groups is 1. The lowest BCUT2D eigenvalue weighted by atomic mass is 10.3. The fourth-order valence-electron chi connectivity index (χ4n) is 1.39. The summed E-state index contributed by atoms with van der Waals surface area (Å²) in [6.45, 7) is 1.42. The molecule has 1 aliphatic rings. The van der Waals surface area contributed by atoms with Gasteiger partial charge in [-0.05, 0) is 13.0 Å². The number of sulfonamides is 1. The largest absolute Gasteiger partial charge is 0.417 e. The second-order valence-corrected chi connectivity index (χ2v) is 6.20. The fourth-order valence-corrected chi connectivity index (χ4v) is 2.05. The highest BCUT2D eigenvalue weighted by atomic mass is 32.2. The molecule has 0 aromatic rings. The minimum atomic E-state index is -3.54. The summed E-state index contributed by atoms with van der Waals surface area (Å²) >= 11 is 0. The molecule has 0 bridgehead atoms. The van der Waals surface area contributed by atoms with Crippen molar-refractivity contribution >= 4 is 39.0 Å². The van der Waals surface area contributed by atoms with Crippen LogP contribution in [0.4, 0.5) is 4.79 Å². The Morgan fingerprint density at radius 3 is 2.84 bits per heavy atom. The highest BCUT2D eigenvalue weighted by Crippen LogP contribution is 2.04. The Labute approximate surface area is 114 Å². The van der Waals surface area contributed by atoms with Gasteiger partial charge in [0.05, 0.1) is 12.3 Å². The van der Waals surface area contributed by atoms with Crippen molar-refractivity contribution in [1.82, 2.24) is 20.4 Å². The number of carbonyl (C=O) groups is 1. The molecular formula is C7H15BN5O4PS. The molecule has 106 valence electrons. The zero-order valence-electron chi connectivity index (χ0n) is 10.3. The molecule has 0 spiro atoms. The van der Waals surface area contributed by atoms with Crippen LogP contribution in [-0.4, -0.2) is 53.8 Å². The number of nitrogens with zero attached hydrogens (tertiary/aromatic N) is 1. The van der Waals surface area contributed by atoms with Crippen LogP contribution < -0.4 is 20.4 Å². The van der Waals surface area contributed by atoms with Gasteiger partial charge in [-0.3, -0.25) is 10.0 Å². The highest BCUT2D eigenvalue weighted by molar-refractivity contribution is 7.89. The molecule has 1 fully saturated rings. The predicted molar refractivity (Wildman–Crippen MR) is 73.5 cm³/mol. The Kier molecular flexibility index (Phi) is 6.49. The van der Waals surface area contributed by atoms with Crippen LogP contribution in [0.5, 0.6) is 0 Å². The van der Waals surface area contributed by atoms with Crippen LogP contribution in [0.1, 0.15) is 6.42 Å². The van der Waals surface area contributed by atoms with E-state index in [1.807, 2.05) is 0 Å². The summed E-state index contributed by atoms with van der Waals surface area (Å²) in [5, 5.41) is 5.29. The molecule has 0 aromatic carbocycles. The molecule has 19 heavy (non-hydrogen) atoms. The van der Waals surface area contributed by atoms with Crippen molar-refractivity contribution in [1.29, 1.82) is 0 Å². The van der Waals surface area contributed by atoms with Crippen molar-refractivity contribution in [3.05, 3.63) is 0 Å². The number of hydrogen-bond acceptors (Lipinski definition) is 7. The first kappa shape index (κ1) is 16.2. The molecule has 0 saturated carbocycles. The van der Waals surface area contributed by atoms with E-state index in [1.54, 1.807) is 0 Å². The number of nitrogens with one attached hydrogen (secondary N) is 4. The van der Waals surface area contributed by atoms with Crippen LogP contribution in [0.3, 0.4) is 0 Å². The van der Waals surface area contributed by atoms with Gasteiger partial charge < -0.3 is 14.8 Å². The van der Waals surface area contributed by atoms with Crippen LogP contribution >= 0.6 is 8.96 Å². The topological polar surface area (TPSA) is 121 Å². The average molecular weight is 307 g/mol. The van der Waals surface area contributed by atoms with Gasteiger partial charge in [0.15, 0.2) is 7.98 Å². The molecule has 1 rings (SSSR count). The number of guanidine groups is 1. The van der Waals surface area contributed by atoms with Crippen molar-refractivity contribution < 1.29 is 17.7 Å². The van der Waals surface area contributed by atoms with E-state index in [9.17, 15) is 13.2 Å². The van der Waals surface area contributed by atoms with Crippen LogP contribution in [-0.2, 0) is 14.5 Å². The SMILES string of the molecule is [B]NPOC(=O)NC(=N[C@H]1CCNC1)NS(C)(=O)=O. The lowest BCUT2D eigenvalue weighted by molar-refractivity contribution is 0.212. The van der Waals surface area contributed by atoms with Gasteiger partial charge >= 0.3 is 6.09 Å². The molecule has 1 aliphatic heterocycles. The summed E-state index contributed by atoms with van der Waals surface area (Å²) in [5.74, 6) is -0.164. The summed E-state index contributed by atoms with van der Waals surface area (Å²) < 4.78 is 29.1. The highest BCUT2D eigenvalue weighted by Gasteiger charge is 2.17. The van der Waals surface area contributed by atoms with Crippen LogP contribution in [0.2, 0.25) is 0 Å². The van der Waals surface area contributed by atoms with Gasteiger partial charge in [0.25, 0.3) is 0 Å². The predicted octanol–water partition coefficient (Wildman–Crippen LogP) is -1.84. The number of hydrogen-bond donors (Lipinski definition) is 4. The molecule has 9 nitrogen and oxygen atoms in total. The van der Waals surface area contributed by atoms with Gasteiger partial charge in [-0.1, -0.05) is 0 Å². The van der Waals surface area contributed by atoms with E-state index >= 15 is 0 Å². The van der Waals surface area contributed by atoms with Crippen LogP contribution in [0.25, 0.3) is 0 Å². The van der Waals surface area contributed by atoms with E-state index in [4.69, 9.17) is 7.98 Å². The van der Waals surface area contributed by atoms with Crippen molar-refractivity contribution in [3.63, 3.8) is 0 Å². The van der Waals surface area contributed by atoms with Crippen LogP contribution in [0.15, 0.2) is 4.99 Å². The molecule has 0 aromatic heterocycles. The maximum atomic E-state index is 11.3. The van der Waals surface area contributed by atoms with Gasteiger partial charge in [-0.15, -0.1) is 0 Å². The Bertz CT molecular complexity index is 439. The van der Waals surface area contributed by atoms with Crippen molar-refractivity contribution in [2.45, 2.75) is 12.5 Å². The standard InChI is InChI=1S/C7H15BN5O4PS/c1-19(15,16)12-6(10-5-2-3-9-4-5)11-7(14)17-18-13-8/h5,9,13,18H,2-4H2,1H3,(H2,10,11,12,14)/t5-/m0/s1. The molecule has 2 atom stereocenters. The quantitative estimate of drug-likeness (QED) is 0.210. The average Bonchev–Trinajstić information content (AvgIpc) is 2.76. The van der Waals surface area contributed by atoms with Crippen molar-refractivity contribution in [2.75, 3.05) is 19.3 Å². The first-order valence-electron chi connectivity index (χ1n) is 5.35. The first-order chi connectivity index (χ1) is 8.90. The molecule has 0 aliphatic carbocycles. The zero-order chi connectivity index (χ0) is 14.3. The maximum Gasteiger partial charge on any atom is 0.417 e. The smallest absolute Gasteiger partial charge is 0.416 e. The van der Waals surface area contributed by atoms with Gasteiger partial charge in [-0.2, -0.15) is 0 Å². The van der Waals surface area contributed by atoms with E-state index in [0.717, 1.165) is 19.2 Å². The zero-order valence-corrected chi connectivity index (χ0v) is 12.1. The molecule has 12 heteroatoms. The van der Waals surface area contributed by atoms with E-state index in [-0.39, 0.29) is 12.0 Å². The van der Waals surface area contributed by atoms with E-state index in [0.29, 0.717) is 6.54 Å². The maximum absolute atomic E-state index is 11.3. The van der Waals surface area contributed by atoms with Crippen LogP contribution in [0, 0.1) is 0 Å². The van der Waals surface area contributed by atoms with Gasteiger partial charge in [0.1, 0.15) is 8.96 Å². The third kappa shape index (κ3) is 7.31. The summed E-state index contributed by atoms with van der Waals surface area (Å²) in [7, 11) is 0.971. The number of carbonyl (C=O) groups excluding carboxylic acids is 1. The molecule has 1 amide bonds. The second-order valence-electron chi connectivity index (χ2n) is 3.76. The van der Waals surface area contributed by atoms with E-state index in [1.165, 1.54) is 0 Å². The Morgan fingerprint density at radius 1 is 1.58 bits per heavy atom. The minimum Gasteiger partial charge on any atom is -0.416 e. The monoisotopic (exact) mass is 307 g/mol. The summed E-state index contributed by atoms with van der Waals surface area (Å²) in [6, 6.07) is -0.0976. The first-order valence-corrected chi connectivity index (χ1v) is 8.15. The minimum absolute atomic E-state index is 0.0976. The Morgan fingerprint density at radius 2 is 2.32 bits per heavy atom. The molecular weight excluding hydrogens is 292 g/mol. The molecule has 2 radical (unpaired) electrons. The normalized spacial score (nSPS) is 20.7. The van der Waals surface area contributed by atoms with Gasteiger partial charge in [0.2, 0.25) is 16.0 Å². The van der Waals surface area contributed by atoms with Gasteiger partial charge in [-0.25, -0.2) is 18.2 Å². The Balaban J connectivity index is 2.65. The third-order valence-corrected chi connectivity index (χ3v) is 3.02. The third-order valence-electron chi connectivity index (χ3n) is 2.05. The number of amides is 1. The fraction of sp³-hybridized carbons (Fsp3) is 0.714. The molecule has 1 saturated heterocycles. The summed E-state index contributed by atoms with van der Waals surface area (Å²) in [6.07, 6.45) is 0.876. The van der Waals surface area contributed by atoms with E-state index < -0.39 is 25.1 Å². The number of rotatable bonds is 4. The Hall–Kier alpha value is -0.895. The summed E-state index contributed by atoms with van der Waals surface area (Å²) in [5.41, 5.74) is 0. The van der Waals surface area contributed by atoms with E-state index in [2.05, 4.69) is 29.9 Å². The lowest BCUT2D eigenvalue weighted by Gasteiger charge is -2.12. The second kappa shape index (κ2) is 7.64.